The van der Waals surface area contributed by atoms with Gasteiger partial charge < -0.3 is 0 Å². The van der Waals surface area contributed by atoms with Crippen molar-refractivity contribution in [3.8, 4) is 0 Å². The predicted octanol–water partition coefficient (Wildman–Crippen LogP) is 1.71. The van der Waals surface area contributed by atoms with Crippen molar-refractivity contribution < 1.29 is 9.59 Å². The van der Waals surface area contributed by atoms with Gasteiger partial charge in [0, 0.05) is 6.08 Å². The number of nitrogens with one attached hydrogen (secondary N) is 1. The molecular weight excluding hydrogens is 444 g/mol. The maximum absolute atomic E-state index is 11.2. The van der Waals surface area contributed by atoms with Crippen molar-refractivity contribution in [3.05, 3.63) is 84.4 Å². The molecule has 0 atom stereocenters. The van der Waals surface area contributed by atoms with Crippen molar-refractivity contribution in [1.29, 1.82) is 0 Å². The van der Waals surface area contributed by atoms with Gasteiger partial charge in [-0.1, -0.05) is 30.3 Å². The van der Waals surface area contributed by atoms with Crippen molar-refractivity contribution >= 4 is 59.9 Å². The second-order valence-electron chi connectivity index (χ2n) is 5.31. The third kappa shape index (κ3) is 4.28. The summed E-state index contributed by atoms with van der Waals surface area (Å²) in [6, 6.07) is 24.2. The van der Waals surface area contributed by atoms with Crippen LogP contribution in [0.1, 0.15) is 5.56 Å². The molecule has 5 heteroatoms. The Kier molecular flexibility index (Phi) is 5.85. The number of hydrogen-bond donors (Lipinski definition) is 1. The van der Waals surface area contributed by atoms with Crippen LogP contribution in [0.5, 0.6) is 0 Å². The molecule has 0 aromatic heterocycles. The van der Waals surface area contributed by atoms with E-state index in [-0.39, 0.29) is 11.8 Å². The van der Waals surface area contributed by atoms with Gasteiger partial charge in [-0.2, -0.15) is 0 Å². The Morgan fingerprint density at radius 2 is 1.48 bits per heavy atom. The molecule has 3 aromatic rings. The summed E-state index contributed by atoms with van der Waals surface area (Å²) in [5.74, 6) is -0.667. The quantitative estimate of drug-likeness (QED) is 0.469. The predicted molar refractivity (Wildman–Crippen MR) is 104 cm³/mol. The summed E-state index contributed by atoms with van der Waals surface area (Å²) in [6.07, 6.45) is 1.32. The molecule has 0 bridgehead atoms. The van der Waals surface area contributed by atoms with Crippen LogP contribution in [0.4, 0.5) is 0 Å². The molecule has 0 aliphatic carbocycles. The molecule has 1 heterocycles. The number of fused-ring (bicyclic) bond motifs is 1. The van der Waals surface area contributed by atoms with E-state index >= 15 is 0 Å². The molecule has 0 spiro atoms. The van der Waals surface area contributed by atoms with E-state index in [0.717, 1.165) is 5.56 Å². The van der Waals surface area contributed by atoms with Crippen molar-refractivity contribution in [2.75, 3.05) is 0 Å². The van der Waals surface area contributed by atoms with E-state index in [1.54, 1.807) is 12.1 Å². The molecule has 124 valence electrons. The average molecular weight is 459 g/mol. The zero-order chi connectivity index (χ0) is 17.6. The van der Waals surface area contributed by atoms with Crippen LogP contribution >= 0.6 is 0 Å². The van der Waals surface area contributed by atoms with Gasteiger partial charge in [-0.3, -0.25) is 14.9 Å². The molecule has 3 nitrogen and oxygen atoms in total. The van der Waals surface area contributed by atoms with Gasteiger partial charge in [0.2, 0.25) is 0 Å². The fourth-order valence-electron chi connectivity index (χ4n) is 2.52. The van der Waals surface area contributed by atoms with E-state index in [1.807, 2.05) is 18.2 Å². The summed E-state index contributed by atoms with van der Waals surface area (Å²) in [4.78, 5) is 22.0. The first kappa shape index (κ1) is 17.7. The molecule has 4 rings (SSSR count). The number of benzene rings is 3. The molecular formula is C20H15NO2Se2. The van der Waals surface area contributed by atoms with Gasteiger partial charge in [-0.15, -0.1) is 0 Å². The first-order valence-electron chi connectivity index (χ1n) is 7.60. The van der Waals surface area contributed by atoms with Crippen LogP contribution in [0.3, 0.4) is 0 Å². The fraction of sp³-hybridized carbons (Fsp3) is 0. The zero-order valence-corrected chi connectivity index (χ0v) is 16.8. The summed E-state index contributed by atoms with van der Waals surface area (Å²) >= 11 is 3.22. The Labute approximate surface area is 159 Å². The van der Waals surface area contributed by atoms with Crippen molar-refractivity contribution in [2.24, 2.45) is 0 Å². The SMILES string of the molecule is O=C1C=C(c2ccccc2)C(=O)N1.[SeH][Se]c1cccc2ccccc12. The van der Waals surface area contributed by atoms with E-state index in [1.165, 1.54) is 21.3 Å². The normalized spacial score (nSPS) is 13.1. The van der Waals surface area contributed by atoms with Gasteiger partial charge in [0.1, 0.15) is 0 Å². The van der Waals surface area contributed by atoms with Crippen LogP contribution in [-0.2, 0) is 9.59 Å². The second kappa shape index (κ2) is 8.28. The van der Waals surface area contributed by atoms with Crippen LogP contribution in [0.25, 0.3) is 16.3 Å². The van der Waals surface area contributed by atoms with Crippen molar-refractivity contribution in [3.63, 3.8) is 0 Å². The Morgan fingerprint density at radius 3 is 2.16 bits per heavy atom. The maximum atomic E-state index is 11.2. The fourth-order valence-corrected chi connectivity index (χ4v) is 5.14. The molecule has 0 fully saturated rings. The molecule has 1 aliphatic rings. The Bertz CT molecular complexity index is 947. The number of imide groups is 1. The van der Waals surface area contributed by atoms with Crippen LogP contribution in [0.15, 0.2) is 78.9 Å². The third-order valence-electron chi connectivity index (χ3n) is 3.69. The molecule has 3 aromatic carbocycles. The number of hydrogen-bond acceptors (Lipinski definition) is 2. The molecule has 0 unspecified atom stereocenters. The van der Waals surface area contributed by atoms with Gasteiger partial charge in [0.15, 0.2) is 0 Å². The van der Waals surface area contributed by atoms with Crippen molar-refractivity contribution in [1.82, 2.24) is 5.32 Å². The zero-order valence-electron chi connectivity index (χ0n) is 13.2. The van der Waals surface area contributed by atoms with Gasteiger partial charge >= 0.3 is 85.0 Å². The van der Waals surface area contributed by atoms with Gasteiger partial charge in [-0.05, 0) is 5.56 Å². The Hall–Kier alpha value is -2.16. The Morgan fingerprint density at radius 1 is 0.800 bits per heavy atom. The van der Waals surface area contributed by atoms with Crippen LogP contribution in [0.2, 0.25) is 0 Å². The molecule has 0 saturated heterocycles. The van der Waals surface area contributed by atoms with E-state index in [9.17, 15) is 9.59 Å². The third-order valence-corrected chi connectivity index (χ3v) is 6.99. The summed E-state index contributed by atoms with van der Waals surface area (Å²) in [7, 11) is 0. The molecule has 0 radical (unpaired) electrons. The summed E-state index contributed by atoms with van der Waals surface area (Å²) in [5.41, 5.74) is 1.21. The topological polar surface area (TPSA) is 46.2 Å². The first-order chi connectivity index (χ1) is 12.2. The second-order valence-corrected chi connectivity index (χ2v) is 8.61. The van der Waals surface area contributed by atoms with E-state index < -0.39 is 0 Å². The molecule has 0 saturated carbocycles. The van der Waals surface area contributed by atoms with E-state index in [4.69, 9.17) is 0 Å². The van der Waals surface area contributed by atoms with Gasteiger partial charge in [0.05, 0.1) is 5.57 Å². The minimum absolute atomic E-state index is 0.323. The average Bonchev–Trinajstić information content (AvgIpc) is 3.00. The standard InChI is InChI=1S/C10H7NO2.C10H8Se2/c12-9-6-8(10(13)11-9)7-4-2-1-3-5-7;11-12-10-7-3-5-8-4-1-2-6-9(8)10/h1-6H,(H,11,12,13);1-7,11H. The molecule has 1 N–H and O–H groups in total. The minimum atomic E-state index is -0.344. The van der Waals surface area contributed by atoms with E-state index in [0.29, 0.717) is 18.7 Å². The monoisotopic (exact) mass is 461 g/mol. The molecule has 25 heavy (non-hydrogen) atoms. The number of amides is 2. The summed E-state index contributed by atoms with van der Waals surface area (Å²) in [5, 5.41) is 4.95. The van der Waals surface area contributed by atoms with E-state index in [2.05, 4.69) is 62.0 Å². The molecule has 1 aliphatic heterocycles. The van der Waals surface area contributed by atoms with Crippen LogP contribution < -0.4 is 9.78 Å². The van der Waals surface area contributed by atoms with Crippen LogP contribution in [0, 0.1) is 0 Å². The molecule has 2 amide bonds. The number of rotatable bonds is 2. The number of carbonyl (C=O) groups excluding carboxylic acids is 2. The number of carbonyl (C=O) groups is 2. The Balaban J connectivity index is 0.000000146. The van der Waals surface area contributed by atoms with Gasteiger partial charge in [-0.25, -0.2) is 0 Å². The van der Waals surface area contributed by atoms with Crippen molar-refractivity contribution in [2.45, 2.75) is 0 Å². The summed E-state index contributed by atoms with van der Waals surface area (Å²) in [6.45, 7) is 0. The van der Waals surface area contributed by atoms with Gasteiger partial charge in [0.25, 0.3) is 11.8 Å². The van der Waals surface area contributed by atoms with Crippen LogP contribution in [-0.4, -0.2) is 39.1 Å². The summed E-state index contributed by atoms with van der Waals surface area (Å²) < 4.78 is 1.47. The first-order valence-corrected chi connectivity index (χ1v) is 13.2.